The van der Waals surface area contributed by atoms with Crippen molar-refractivity contribution in [3.8, 4) is 0 Å². The smallest absolute Gasteiger partial charge is 0.230 e. The number of nitrogens with one attached hydrogen (secondary N) is 2. The van der Waals surface area contributed by atoms with Gasteiger partial charge in [-0.25, -0.2) is 4.98 Å². The number of thiazole rings is 1. The van der Waals surface area contributed by atoms with Gasteiger partial charge in [-0.2, -0.15) is 15.4 Å². The van der Waals surface area contributed by atoms with Gasteiger partial charge in [-0.1, -0.05) is 6.07 Å². The van der Waals surface area contributed by atoms with Crippen molar-refractivity contribution in [1.29, 1.82) is 0 Å². The van der Waals surface area contributed by atoms with Crippen LogP contribution in [-0.2, 0) is 11.2 Å². The second-order valence-corrected chi connectivity index (χ2v) is 4.42. The summed E-state index contributed by atoms with van der Waals surface area (Å²) in [6.07, 6.45) is 0.262. The maximum absolute atomic E-state index is 11.8. The Morgan fingerprint density at radius 1 is 1.39 bits per heavy atom. The zero-order valence-corrected chi connectivity index (χ0v) is 10.1. The Kier molecular flexibility index (Phi) is 2.73. The van der Waals surface area contributed by atoms with E-state index in [1.165, 1.54) is 11.3 Å². The Morgan fingerprint density at radius 2 is 2.33 bits per heavy atom. The van der Waals surface area contributed by atoms with Crippen molar-refractivity contribution in [3.63, 3.8) is 0 Å². The highest BCUT2D eigenvalue weighted by molar-refractivity contribution is 7.07. The third-order valence-electron chi connectivity index (χ3n) is 2.45. The molecule has 2 N–H and O–H groups in total. The van der Waals surface area contributed by atoms with E-state index < -0.39 is 0 Å². The number of H-pyrrole nitrogens is 1. The van der Waals surface area contributed by atoms with Gasteiger partial charge in [0.2, 0.25) is 5.91 Å². The van der Waals surface area contributed by atoms with Gasteiger partial charge in [0.05, 0.1) is 23.3 Å². The molecule has 0 unspecified atom stereocenters. The van der Waals surface area contributed by atoms with Crippen molar-refractivity contribution in [3.05, 3.63) is 34.8 Å². The Hall–Kier alpha value is -2.28. The Balaban J connectivity index is 1.80. The highest BCUT2D eigenvalue weighted by Gasteiger charge is 2.09. The Morgan fingerprint density at radius 3 is 3.17 bits per heavy atom. The molecule has 0 fully saturated rings. The van der Waals surface area contributed by atoms with E-state index >= 15 is 0 Å². The standard InChI is InChI=1S/C11H9N5OS/c17-10(4-7-5-18-6-12-7)13-8-2-1-3-9-11(8)15-16-14-9/h1-3,5-6H,4H2,(H,13,17)(H,14,15,16). The number of para-hydroxylation sites is 1. The largest absolute Gasteiger partial charge is 0.324 e. The van der Waals surface area contributed by atoms with Crippen LogP contribution in [0, 0.1) is 0 Å². The molecule has 0 aliphatic heterocycles. The number of nitrogens with zero attached hydrogens (tertiary/aromatic N) is 3. The molecule has 0 bridgehead atoms. The fourth-order valence-electron chi connectivity index (χ4n) is 1.65. The predicted octanol–water partition coefficient (Wildman–Crippen LogP) is 1.60. The van der Waals surface area contributed by atoms with Crippen LogP contribution in [0.25, 0.3) is 11.0 Å². The average molecular weight is 259 g/mol. The molecular weight excluding hydrogens is 250 g/mol. The third kappa shape index (κ3) is 2.07. The van der Waals surface area contributed by atoms with Crippen LogP contribution in [0.4, 0.5) is 5.69 Å². The van der Waals surface area contributed by atoms with E-state index in [0.717, 1.165) is 11.2 Å². The third-order valence-corrected chi connectivity index (χ3v) is 3.08. The molecule has 0 radical (unpaired) electrons. The van der Waals surface area contributed by atoms with Crippen LogP contribution >= 0.6 is 11.3 Å². The second-order valence-electron chi connectivity index (χ2n) is 3.70. The zero-order valence-electron chi connectivity index (χ0n) is 9.25. The molecule has 1 amide bonds. The molecular formula is C11H9N5OS. The van der Waals surface area contributed by atoms with Gasteiger partial charge in [0, 0.05) is 5.38 Å². The van der Waals surface area contributed by atoms with Gasteiger partial charge in [-0.05, 0) is 12.1 Å². The van der Waals surface area contributed by atoms with Crippen LogP contribution < -0.4 is 5.32 Å². The second kappa shape index (κ2) is 4.53. The van der Waals surface area contributed by atoms with Crippen LogP contribution in [0.3, 0.4) is 0 Å². The monoisotopic (exact) mass is 259 g/mol. The minimum absolute atomic E-state index is 0.114. The molecule has 2 aromatic heterocycles. The first-order valence-corrected chi connectivity index (χ1v) is 6.23. The van der Waals surface area contributed by atoms with Gasteiger partial charge < -0.3 is 5.32 Å². The highest BCUT2D eigenvalue weighted by atomic mass is 32.1. The normalized spacial score (nSPS) is 10.7. The Bertz CT molecular complexity index is 676. The molecule has 3 aromatic rings. The topological polar surface area (TPSA) is 83.6 Å². The number of aromatic nitrogens is 4. The van der Waals surface area contributed by atoms with Crippen molar-refractivity contribution in [2.75, 3.05) is 5.32 Å². The molecule has 6 nitrogen and oxygen atoms in total. The minimum atomic E-state index is -0.114. The van der Waals surface area contributed by atoms with Gasteiger partial charge in [-0.3, -0.25) is 4.79 Å². The number of anilines is 1. The molecule has 0 saturated heterocycles. The molecule has 0 aliphatic rings. The van der Waals surface area contributed by atoms with Crippen molar-refractivity contribution in [2.24, 2.45) is 0 Å². The predicted molar refractivity (Wildman–Crippen MR) is 68.3 cm³/mol. The van der Waals surface area contributed by atoms with E-state index in [-0.39, 0.29) is 12.3 Å². The first-order valence-electron chi connectivity index (χ1n) is 5.29. The van der Waals surface area contributed by atoms with Crippen molar-refractivity contribution < 1.29 is 4.79 Å². The number of hydrogen-bond donors (Lipinski definition) is 2. The summed E-state index contributed by atoms with van der Waals surface area (Å²) < 4.78 is 0. The van der Waals surface area contributed by atoms with Crippen molar-refractivity contribution in [2.45, 2.75) is 6.42 Å². The molecule has 2 heterocycles. The van der Waals surface area contributed by atoms with E-state index in [0.29, 0.717) is 11.2 Å². The molecule has 0 atom stereocenters. The van der Waals surface area contributed by atoms with Gasteiger partial charge in [0.15, 0.2) is 0 Å². The summed E-state index contributed by atoms with van der Waals surface area (Å²) >= 11 is 1.47. The molecule has 18 heavy (non-hydrogen) atoms. The molecule has 0 saturated carbocycles. The number of rotatable bonds is 3. The lowest BCUT2D eigenvalue weighted by Gasteiger charge is -2.03. The number of fused-ring (bicyclic) bond motifs is 1. The van der Waals surface area contributed by atoms with Crippen LogP contribution in [-0.4, -0.2) is 26.3 Å². The van der Waals surface area contributed by atoms with Crippen LogP contribution in [0.5, 0.6) is 0 Å². The molecule has 3 rings (SSSR count). The molecule has 0 aliphatic carbocycles. The first-order chi connectivity index (χ1) is 8.83. The van der Waals surface area contributed by atoms with E-state index in [2.05, 4.69) is 25.7 Å². The number of carbonyl (C=O) groups is 1. The lowest BCUT2D eigenvalue weighted by atomic mass is 10.2. The summed E-state index contributed by atoms with van der Waals surface area (Å²) in [4.78, 5) is 15.9. The number of hydrogen-bond acceptors (Lipinski definition) is 5. The number of benzene rings is 1. The van der Waals surface area contributed by atoms with Gasteiger partial charge >= 0.3 is 0 Å². The lowest BCUT2D eigenvalue weighted by Crippen LogP contribution is -2.14. The van der Waals surface area contributed by atoms with E-state index in [1.807, 2.05) is 17.5 Å². The van der Waals surface area contributed by atoms with E-state index in [9.17, 15) is 4.79 Å². The maximum atomic E-state index is 11.8. The van der Waals surface area contributed by atoms with Gasteiger partial charge in [0.1, 0.15) is 11.0 Å². The summed E-state index contributed by atoms with van der Waals surface area (Å²) in [6.45, 7) is 0. The van der Waals surface area contributed by atoms with Crippen LogP contribution in [0.2, 0.25) is 0 Å². The molecule has 1 aromatic carbocycles. The summed E-state index contributed by atoms with van der Waals surface area (Å²) in [5.41, 5.74) is 4.51. The van der Waals surface area contributed by atoms with Gasteiger partial charge in [0.25, 0.3) is 0 Å². The number of carbonyl (C=O) groups excluding carboxylic acids is 1. The van der Waals surface area contributed by atoms with E-state index in [4.69, 9.17) is 0 Å². The molecule has 7 heteroatoms. The first kappa shape index (κ1) is 10.8. The number of aromatic amines is 1. The molecule has 0 spiro atoms. The quantitative estimate of drug-likeness (QED) is 0.748. The summed E-state index contributed by atoms with van der Waals surface area (Å²) in [7, 11) is 0. The summed E-state index contributed by atoms with van der Waals surface area (Å²) in [6, 6.07) is 5.45. The lowest BCUT2D eigenvalue weighted by molar-refractivity contribution is -0.115. The van der Waals surface area contributed by atoms with Crippen LogP contribution in [0.15, 0.2) is 29.1 Å². The maximum Gasteiger partial charge on any atom is 0.230 e. The fourth-order valence-corrected chi connectivity index (χ4v) is 2.21. The SMILES string of the molecule is O=C(Cc1cscn1)Nc1cccc2n[nH]nc12. The Labute approximate surface area is 106 Å². The van der Waals surface area contributed by atoms with Crippen molar-refractivity contribution >= 4 is 34.0 Å². The fraction of sp³-hybridized carbons (Fsp3) is 0.0909. The summed E-state index contributed by atoms with van der Waals surface area (Å²) in [5, 5.41) is 15.2. The van der Waals surface area contributed by atoms with Crippen LogP contribution in [0.1, 0.15) is 5.69 Å². The zero-order chi connectivity index (χ0) is 12.4. The van der Waals surface area contributed by atoms with E-state index in [1.54, 1.807) is 11.6 Å². The van der Waals surface area contributed by atoms with Gasteiger partial charge in [-0.15, -0.1) is 11.3 Å². The summed E-state index contributed by atoms with van der Waals surface area (Å²) in [5.74, 6) is -0.114. The molecule has 90 valence electrons. The minimum Gasteiger partial charge on any atom is -0.324 e. The van der Waals surface area contributed by atoms with Crippen molar-refractivity contribution in [1.82, 2.24) is 20.4 Å². The highest BCUT2D eigenvalue weighted by Crippen LogP contribution is 2.18. The average Bonchev–Trinajstić information content (AvgIpc) is 2.99. The number of amides is 1.